The molecule has 7 N–H and O–H groups in total. The first-order valence-corrected chi connectivity index (χ1v) is 15.1. The number of nitrogens with two attached hydrogens (primary N) is 2. The topological polar surface area (TPSA) is 231 Å². The number of nitrogens with one attached hydrogen (secondary N) is 1. The van der Waals surface area contributed by atoms with Crippen LogP contribution in [0.15, 0.2) is 62.0 Å². The molecule has 0 aliphatic carbocycles. The molecule has 2 aliphatic heterocycles. The van der Waals surface area contributed by atoms with Gasteiger partial charge in [0, 0.05) is 33.1 Å². The number of hydrogen-bond acceptors (Lipinski definition) is 12. The lowest BCUT2D eigenvalue weighted by atomic mass is 9.94. The minimum atomic E-state index is -1.77. The number of carboxylic acid groups (broad SMARTS) is 2. The van der Waals surface area contributed by atoms with E-state index in [-0.39, 0.29) is 28.8 Å². The highest BCUT2D eigenvalue weighted by Crippen LogP contribution is 2.40. The molecule has 1 fully saturated rings. The first-order valence-electron chi connectivity index (χ1n) is 12.3. The number of oxime groups is 1. The number of thiazole rings is 1. The number of aliphatic carboxylic acids is 2. The molecule has 0 radical (unpaired) electrons. The summed E-state index contributed by atoms with van der Waals surface area (Å²) in [5, 5.41) is 28.7. The molecule has 15 nitrogen and oxygen atoms in total. The Morgan fingerprint density at radius 3 is 2.58 bits per heavy atom. The number of thioether (sulfide) groups is 2. The average molecular weight is 649 g/mol. The second kappa shape index (κ2) is 12.8. The largest absolute Gasteiger partial charge is 0.478 e. The number of allylic oxidation sites excluding steroid dienone is 1. The number of hydrogen-bond donors (Lipinski definition) is 5. The first-order chi connectivity index (χ1) is 20.3. The molecule has 2 atom stereocenters. The van der Waals surface area contributed by atoms with Crippen LogP contribution in [0, 0.1) is 0 Å². The Labute approximate surface area is 256 Å². The van der Waals surface area contributed by atoms with Gasteiger partial charge in [0.2, 0.25) is 12.1 Å². The molecule has 2 aromatic heterocycles. The zero-order valence-corrected chi connectivity index (χ0v) is 25.1. The van der Waals surface area contributed by atoms with Crippen LogP contribution in [0.5, 0.6) is 0 Å². The van der Waals surface area contributed by atoms with Crippen LogP contribution in [0.4, 0.5) is 5.13 Å². The smallest absolute Gasteiger partial charge is 0.353 e. The van der Waals surface area contributed by atoms with Gasteiger partial charge in [0.15, 0.2) is 23.2 Å². The Morgan fingerprint density at radius 1 is 1.30 bits per heavy atom. The Hall–Kier alpha value is -4.42. The summed E-state index contributed by atoms with van der Waals surface area (Å²) in [5.41, 5.74) is 8.50. The van der Waals surface area contributed by atoms with Crippen LogP contribution in [0.25, 0.3) is 0 Å². The summed E-state index contributed by atoms with van der Waals surface area (Å²) in [6.45, 7) is 2.52. The van der Waals surface area contributed by atoms with Gasteiger partial charge in [0.05, 0.1) is 6.04 Å². The SMILES string of the molecule is CC(C)(O/N=C(/C(=O)NC1C(=O)N2C(C(=O)O)=C(/C=C/Sc3cc[n+](CC(N)=O)cc3)SCC12)c1csc(N)n1)C(=O)O. The molecular weight excluding hydrogens is 623 g/mol. The van der Waals surface area contributed by atoms with Crippen molar-refractivity contribution >= 4 is 75.4 Å². The van der Waals surface area contributed by atoms with Gasteiger partial charge >= 0.3 is 11.9 Å². The molecule has 3 amide bonds. The van der Waals surface area contributed by atoms with Crippen molar-refractivity contribution in [1.29, 1.82) is 0 Å². The van der Waals surface area contributed by atoms with Gasteiger partial charge in [-0.3, -0.25) is 19.3 Å². The lowest BCUT2D eigenvalue weighted by molar-refractivity contribution is -0.684. The summed E-state index contributed by atoms with van der Waals surface area (Å²) >= 11 is 3.54. The zero-order chi connectivity index (χ0) is 31.5. The van der Waals surface area contributed by atoms with E-state index in [9.17, 15) is 34.2 Å². The van der Waals surface area contributed by atoms with E-state index < -0.39 is 53.1 Å². The van der Waals surface area contributed by atoms with Crippen molar-refractivity contribution in [1.82, 2.24) is 15.2 Å². The molecule has 2 aromatic rings. The normalized spacial score (nSPS) is 18.7. The Bertz CT molecular complexity index is 1570. The highest BCUT2D eigenvalue weighted by atomic mass is 32.2. The molecule has 4 rings (SSSR count). The van der Waals surface area contributed by atoms with Crippen molar-refractivity contribution < 1.29 is 43.6 Å². The number of carbonyl (C=O) groups is 5. The fourth-order valence-corrected chi connectivity index (χ4v) is 6.29. The van der Waals surface area contributed by atoms with Crippen LogP contribution in [0.1, 0.15) is 19.5 Å². The van der Waals surface area contributed by atoms with Crippen molar-refractivity contribution in [2.75, 3.05) is 11.5 Å². The number of amides is 3. The van der Waals surface area contributed by atoms with Gasteiger partial charge in [0.1, 0.15) is 17.4 Å². The summed E-state index contributed by atoms with van der Waals surface area (Å²) < 4.78 is 1.62. The fraction of sp³-hybridized carbons (Fsp3) is 0.280. The van der Waals surface area contributed by atoms with Gasteiger partial charge in [-0.05, 0) is 25.3 Å². The highest BCUT2D eigenvalue weighted by molar-refractivity contribution is 8.04. The van der Waals surface area contributed by atoms with Crippen LogP contribution in [0.2, 0.25) is 0 Å². The Kier molecular flexibility index (Phi) is 9.41. The van der Waals surface area contributed by atoms with Gasteiger partial charge in [0.25, 0.3) is 17.7 Å². The van der Waals surface area contributed by atoms with Crippen LogP contribution >= 0.6 is 34.9 Å². The van der Waals surface area contributed by atoms with Crippen LogP contribution in [-0.4, -0.2) is 78.9 Å². The van der Waals surface area contributed by atoms with E-state index >= 15 is 0 Å². The number of carbonyl (C=O) groups excluding carboxylic acids is 3. The number of nitrogen functional groups attached to an aromatic ring is 1. The third-order valence-electron chi connectivity index (χ3n) is 6.08. The zero-order valence-electron chi connectivity index (χ0n) is 22.6. The number of β-lactam (4-membered cyclic amide) rings is 1. The molecule has 2 unspecified atom stereocenters. The molecule has 0 spiro atoms. The van der Waals surface area contributed by atoms with Crippen molar-refractivity contribution in [3.05, 3.63) is 57.7 Å². The Morgan fingerprint density at radius 2 is 2.00 bits per heavy atom. The van der Waals surface area contributed by atoms with Gasteiger partial charge in [-0.1, -0.05) is 16.9 Å². The van der Waals surface area contributed by atoms with E-state index in [0.29, 0.717) is 4.91 Å². The minimum Gasteiger partial charge on any atom is -0.478 e. The molecule has 226 valence electrons. The predicted octanol–water partition coefficient (Wildman–Crippen LogP) is 0.127. The molecule has 4 heterocycles. The van der Waals surface area contributed by atoms with Crippen molar-refractivity contribution in [2.24, 2.45) is 10.9 Å². The number of nitrogens with zero attached hydrogens (tertiary/aromatic N) is 4. The van der Waals surface area contributed by atoms with Crippen molar-refractivity contribution in [3.8, 4) is 0 Å². The van der Waals surface area contributed by atoms with Crippen LogP contribution < -0.4 is 21.4 Å². The number of aromatic nitrogens is 2. The summed E-state index contributed by atoms with van der Waals surface area (Å²) in [5.74, 6) is -4.34. The van der Waals surface area contributed by atoms with E-state index in [4.69, 9.17) is 16.3 Å². The van der Waals surface area contributed by atoms with E-state index in [0.717, 1.165) is 21.1 Å². The quantitative estimate of drug-likeness (QED) is 0.0680. The lowest BCUT2D eigenvalue weighted by Gasteiger charge is -2.49. The Balaban J connectivity index is 1.48. The molecule has 1 saturated heterocycles. The standard InChI is InChI=1S/C25H25N7O8S3/c1-25(2,23(38)39)40-30-17(13-10-43-24(27)28-13)20(34)29-18-14-11-42-15(19(22(36)37)32(14)21(18)35)5-8-41-12-3-6-31(7-4-12)9-16(26)33/h3-8,10,14,18H,9,11H2,1-2H3,(H6-,26,27,28,29,33,34,36,37,38,39)/p+1/b8-5+,30-17+. The minimum absolute atomic E-state index is 0.0139. The third-order valence-corrected chi connectivity index (χ3v) is 8.71. The van der Waals surface area contributed by atoms with Gasteiger partial charge in [-0.25, -0.2) is 14.6 Å². The molecule has 0 saturated carbocycles. The van der Waals surface area contributed by atoms with E-state index in [1.165, 1.54) is 42.8 Å². The molecule has 2 aliphatic rings. The number of carboxylic acids is 2. The number of rotatable bonds is 12. The van der Waals surface area contributed by atoms with E-state index in [1.54, 1.807) is 40.6 Å². The second-order valence-electron chi connectivity index (χ2n) is 9.57. The number of primary amides is 1. The monoisotopic (exact) mass is 648 g/mol. The van der Waals surface area contributed by atoms with Gasteiger partial charge in [-0.2, -0.15) is 4.57 Å². The molecule has 0 bridgehead atoms. The average Bonchev–Trinajstić information content (AvgIpc) is 3.37. The van der Waals surface area contributed by atoms with Crippen molar-refractivity contribution in [3.63, 3.8) is 0 Å². The van der Waals surface area contributed by atoms with E-state index in [1.807, 2.05) is 0 Å². The fourth-order valence-electron chi connectivity index (χ4n) is 3.84. The summed E-state index contributed by atoms with van der Waals surface area (Å²) in [6.07, 6.45) is 4.97. The first kappa shape index (κ1) is 31.5. The van der Waals surface area contributed by atoms with Crippen molar-refractivity contribution in [2.45, 2.75) is 43.0 Å². The van der Waals surface area contributed by atoms with E-state index in [2.05, 4.69) is 15.5 Å². The third kappa shape index (κ3) is 7.15. The number of pyridine rings is 1. The van der Waals surface area contributed by atoms with Gasteiger partial charge < -0.3 is 31.8 Å². The van der Waals surface area contributed by atoms with Gasteiger partial charge in [-0.15, -0.1) is 23.1 Å². The summed E-state index contributed by atoms with van der Waals surface area (Å²) in [6, 6.07) is 1.81. The maximum Gasteiger partial charge on any atom is 0.353 e. The van der Waals surface area contributed by atoms with Crippen LogP contribution in [-0.2, 0) is 35.4 Å². The molecule has 0 aromatic carbocycles. The summed E-state index contributed by atoms with van der Waals surface area (Å²) in [7, 11) is 0. The lowest BCUT2D eigenvalue weighted by Crippen LogP contribution is -2.73. The summed E-state index contributed by atoms with van der Waals surface area (Å²) in [4.78, 5) is 72.4. The number of anilines is 1. The maximum absolute atomic E-state index is 13.2. The molecular formula is C25H26N7O8S3+. The second-order valence-corrected chi connectivity index (χ2v) is 12.5. The predicted molar refractivity (Wildman–Crippen MR) is 156 cm³/mol. The molecule has 18 heteroatoms. The van der Waals surface area contributed by atoms with Crippen LogP contribution in [0.3, 0.4) is 0 Å². The number of fused-ring (bicyclic) bond motifs is 1. The maximum atomic E-state index is 13.2. The highest BCUT2D eigenvalue weighted by Gasteiger charge is 2.54. The molecule has 43 heavy (non-hydrogen) atoms.